The van der Waals surface area contributed by atoms with Gasteiger partial charge in [0.15, 0.2) is 0 Å². The number of unbranched alkanes of at least 4 members (excludes halogenated alkanes) is 27. The maximum atomic E-state index is 13.9. The number of hydrogen-bond donors (Lipinski definition) is 0. The molecule has 0 aromatic rings. The van der Waals surface area contributed by atoms with Gasteiger partial charge in [0.1, 0.15) is 0 Å². The Morgan fingerprint density at radius 1 is 0.263 bits per heavy atom. The minimum atomic E-state index is -2.27. The first-order valence-electron chi connectivity index (χ1n) is 18.4. The van der Waals surface area contributed by atoms with Gasteiger partial charge < -0.3 is 0 Å². The van der Waals surface area contributed by atoms with Crippen LogP contribution in [0, 0.1) is 0 Å². The Kier molecular flexibility index (Phi) is 31.8. The van der Waals surface area contributed by atoms with E-state index in [0.717, 1.165) is 18.1 Å². The lowest BCUT2D eigenvalue weighted by atomic mass is 10.1. The fourth-order valence-corrected chi connectivity index (χ4v) is 9.61. The topological polar surface area (TPSA) is 19.9 Å². The molecule has 0 aliphatic rings. The molecule has 0 fully saturated rings. The van der Waals surface area contributed by atoms with E-state index in [4.69, 9.17) is 0 Å². The molecule has 0 aromatic carbocycles. The summed E-state index contributed by atoms with van der Waals surface area (Å²) in [6, 6.07) is 3.25. The Bertz CT molecular complexity index is 364. The van der Waals surface area contributed by atoms with E-state index in [1.807, 2.05) is 0 Å². The summed E-state index contributed by atoms with van der Waals surface area (Å²) in [5, 5.41) is 0. The van der Waals surface area contributed by atoms with Gasteiger partial charge in [0.05, 0.1) is 0 Å². The van der Waals surface area contributed by atoms with Gasteiger partial charge >= 0.3 is 0 Å². The van der Waals surface area contributed by atoms with Gasteiger partial charge in [-0.05, 0) is 18.1 Å². The van der Waals surface area contributed by atoms with Crippen LogP contribution < -0.4 is 0 Å². The molecule has 0 unspecified atom stereocenters. The molecule has 0 bridgehead atoms. The van der Waals surface area contributed by atoms with E-state index in [9.17, 15) is 4.80 Å². The summed E-state index contributed by atoms with van der Waals surface area (Å²) in [6.07, 6.45) is 41.4. The summed E-state index contributed by atoms with van der Waals surface area (Å²) in [5.41, 5.74) is 0. The molecular formula is C36H75OSi. The van der Waals surface area contributed by atoms with E-state index in [1.54, 1.807) is 0 Å². The van der Waals surface area contributed by atoms with E-state index in [1.165, 1.54) is 193 Å². The van der Waals surface area contributed by atoms with Gasteiger partial charge in [-0.15, -0.1) is 0 Å². The Balaban J connectivity index is 4.06. The van der Waals surface area contributed by atoms with Crippen molar-refractivity contribution in [1.29, 1.82) is 0 Å². The molecule has 0 saturated carbocycles. The molecule has 0 atom stereocenters. The van der Waals surface area contributed by atoms with Crippen molar-refractivity contribution in [2.24, 2.45) is 0 Å². The van der Waals surface area contributed by atoms with E-state index in [2.05, 4.69) is 20.8 Å². The van der Waals surface area contributed by atoms with Crippen molar-refractivity contribution in [3.8, 4) is 0 Å². The van der Waals surface area contributed by atoms with Crippen LogP contribution >= 0.6 is 0 Å². The summed E-state index contributed by atoms with van der Waals surface area (Å²) in [4.78, 5) is 13.9. The van der Waals surface area contributed by atoms with Crippen molar-refractivity contribution >= 4 is 8.32 Å². The van der Waals surface area contributed by atoms with Crippen LogP contribution in [0.5, 0.6) is 0 Å². The number of rotatable bonds is 33. The molecule has 38 heavy (non-hydrogen) atoms. The molecule has 0 amide bonds. The summed E-state index contributed by atoms with van der Waals surface area (Å²) in [5.74, 6) is 0. The second-order valence-electron chi connectivity index (χ2n) is 13.0. The van der Waals surface area contributed by atoms with Gasteiger partial charge in [-0.25, -0.2) is 0 Å². The normalized spacial score (nSPS) is 12.0. The fourth-order valence-electron chi connectivity index (χ4n) is 6.18. The van der Waals surface area contributed by atoms with Gasteiger partial charge in [-0.1, -0.05) is 213 Å². The first-order valence-corrected chi connectivity index (χ1v) is 20.9. The lowest BCUT2D eigenvalue weighted by Crippen LogP contribution is -2.32. The van der Waals surface area contributed by atoms with Crippen LogP contribution in [0.25, 0.3) is 0 Å². The van der Waals surface area contributed by atoms with Crippen LogP contribution in [0.1, 0.15) is 213 Å². The third kappa shape index (κ3) is 29.2. The zero-order valence-corrected chi connectivity index (χ0v) is 28.2. The first-order chi connectivity index (χ1) is 18.7. The quantitative estimate of drug-likeness (QED) is 0.0571. The second kappa shape index (κ2) is 31.7. The predicted octanol–water partition coefficient (Wildman–Crippen LogP) is 14.1. The molecule has 0 heterocycles. The second-order valence-corrected chi connectivity index (χ2v) is 16.8. The average molecular weight is 552 g/mol. The molecule has 0 aliphatic heterocycles. The molecule has 1 nitrogen and oxygen atoms in total. The number of hydrogen-bond acceptors (Lipinski definition) is 0. The van der Waals surface area contributed by atoms with Crippen molar-refractivity contribution in [3.63, 3.8) is 0 Å². The Hall–Kier alpha value is 0.177. The van der Waals surface area contributed by atoms with Crippen molar-refractivity contribution in [2.75, 3.05) is 0 Å². The molecule has 2 heteroatoms. The summed E-state index contributed by atoms with van der Waals surface area (Å²) < 4.78 is 0. The Labute approximate surface area is 244 Å². The van der Waals surface area contributed by atoms with Gasteiger partial charge in [-0.2, -0.15) is 0 Å². The van der Waals surface area contributed by atoms with Crippen molar-refractivity contribution in [2.45, 2.75) is 232 Å². The van der Waals surface area contributed by atoms with Crippen LogP contribution in [-0.2, 0) is 4.80 Å². The van der Waals surface area contributed by atoms with Crippen LogP contribution in [0.3, 0.4) is 0 Å². The Morgan fingerprint density at radius 3 is 0.605 bits per heavy atom. The molecule has 0 N–H and O–H groups in total. The van der Waals surface area contributed by atoms with E-state index >= 15 is 0 Å². The van der Waals surface area contributed by atoms with E-state index in [-0.39, 0.29) is 0 Å². The van der Waals surface area contributed by atoms with Gasteiger partial charge in [0.2, 0.25) is 8.32 Å². The van der Waals surface area contributed by atoms with Gasteiger partial charge in [-0.3, -0.25) is 4.80 Å². The maximum absolute atomic E-state index is 13.9. The summed E-state index contributed by atoms with van der Waals surface area (Å²) >= 11 is 0. The average Bonchev–Trinajstić information content (AvgIpc) is 2.92. The molecule has 0 spiro atoms. The van der Waals surface area contributed by atoms with Gasteiger partial charge in [0, 0.05) is 0 Å². The lowest BCUT2D eigenvalue weighted by Gasteiger charge is -2.23. The maximum Gasteiger partial charge on any atom is 0.237 e. The standard InChI is InChI=1S/C36H75OSi/c1-4-7-10-13-16-19-22-25-28-31-34-38(37,35-32-29-26-23-20-17-14-11-8-5-2)36-33-30-27-24-21-18-15-12-9-6-3/h4-36H2,1-3H3. The fraction of sp³-hybridized carbons (Fsp3) is 1.00. The molecule has 0 rings (SSSR count). The zero-order chi connectivity index (χ0) is 27.8. The summed E-state index contributed by atoms with van der Waals surface area (Å²) in [7, 11) is -2.27. The third-order valence-electron chi connectivity index (χ3n) is 8.96. The molecule has 0 saturated heterocycles. The molecule has 229 valence electrons. The van der Waals surface area contributed by atoms with E-state index < -0.39 is 8.32 Å². The van der Waals surface area contributed by atoms with Crippen molar-refractivity contribution in [1.82, 2.24) is 0 Å². The monoisotopic (exact) mass is 552 g/mol. The molecule has 0 aliphatic carbocycles. The van der Waals surface area contributed by atoms with Crippen LogP contribution in [-0.4, -0.2) is 8.32 Å². The molecule has 0 aromatic heterocycles. The van der Waals surface area contributed by atoms with Crippen molar-refractivity contribution in [3.05, 3.63) is 0 Å². The highest BCUT2D eigenvalue weighted by atomic mass is 28.4. The largest absolute Gasteiger partial charge is 0.297 e. The summed E-state index contributed by atoms with van der Waals surface area (Å²) in [6.45, 7) is 6.89. The van der Waals surface area contributed by atoms with Crippen molar-refractivity contribution < 1.29 is 4.80 Å². The highest BCUT2D eigenvalue weighted by molar-refractivity contribution is 6.72. The zero-order valence-electron chi connectivity index (χ0n) is 27.2. The molecule has 1 radical (unpaired) electrons. The lowest BCUT2D eigenvalue weighted by molar-refractivity contribution is 0.397. The highest BCUT2D eigenvalue weighted by Crippen LogP contribution is 2.28. The SMILES string of the molecule is CCCCCCCCCCCC[Si]([O])(CCCCCCCCCCCC)CCCCCCCCCCCC. The minimum Gasteiger partial charge on any atom is -0.297 e. The Morgan fingerprint density at radius 2 is 0.421 bits per heavy atom. The highest BCUT2D eigenvalue weighted by Gasteiger charge is 2.31. The molecular weight excluding hydrogens is 476 g/mol. The third-order valence-corrected chi connectivity index (χ3v) is 12.8. The smallest absolute Gasteiger partial charge is 0.237 e. The van der Waals surface area contributed by atoms with Crippen LogP contribution in [0.4, 0.5) is 0 Å². The van der Waals surface area contributed by atoms with Crippen LogP contribution in [0.15, 0.2) is 0 Å². The van der Waals surface area contributed by atoms with Crippen LogP contribution in [0.2, 0.25) is 18.1 Å². The predicted molar refractivity (Wildman–Crippen MR) is 176 cm³/mol. The van der Waals surface area contributed by atoms with E-state index in [0.29, 0.717) is 0 Å². The van der Waals surface area contributed by atoms with Gasteiger partial charge in [0.25, 0.3) is 0 Å². The first kappa shape index (κ1) is 38.2. The minimum absolute atomic E-state index is 1.08.